The van der Waals surface area contributed by atoms with Crippen molar-refractivity contribution in [2.75, 3.05) is 106 Å². The first-order valence-electron chi connectivity index (χ1n) is 10.4. The molecule has 0 aromatic rings. The van der Waals surface area contributed by atoms with Crippen LogP contribution in [0.2, 0.25) is 0 Å². The van der Waals surface area contributed by atoms with E-state index in [4.69, 9.17) is 38.5 Å². The monoisotopic (exact) mass is 469 g/mol. The molecule has 0 saturated carbocycles. The average molecular weight is 471 g/mol. The zero-order chi connectivity index (χ0) is 23.3. The number of halogens is 2. The normalized spacial score (nSPS) is 13.0. The summed E-state index contributed by atoms with van der Waals surface area (Å²) in [5, 5.41) is 25.5. The molecule has 178 valence electrons. The van der Waals surface area contributed by atoms with Gasteiger partial charge in [-0.25, -0.2) is 0 Å². The van der Waals surface area contributed by atoms with E-state index in [2.05, 4.69) is 52.5 Å². The van der Waals surface area contributed by atoms with Gasteiger partial charge in [0.1, 0.15) is 0 Å². The fraction of sp³-hybridized carbons (Fsp3) is 0.727. The fourth-order valence-corrected chi connectivity index (χ4v) is 2.73. The Morgan fingerprint density at radius 3 is 1.07 bits per heavy atom. The Bertz CT molecular complexity index is 424. The fourth-order valence-electron chi connectivity index (χ4n) is 2.47. The Labute approximate surface area is 194 Å². The molecule has 0 aromatic carbocycles. The first-order valence-corrected chi connectivity index (χ1v) is 11.5. The molecular weight excluding hydrogens is 425 g/mol. The summed E-state index contributed by atoms with van der Waals surface area (Å²) >= 11 is 11.3. The predicted octanol–water partition coefficient (Wildman–Crippen LogP) is 1.55. The Morgan fingerprint density at radius 1 is 0.567 bits per heavy atom. The van der Waals surface area contributed by atoms with E-state index in [9.17, 15) is 0 Å². The zero-order valence-electron chi connectivity index (χ0n) is 19.4. The van der Waals surface area contributed by atoms with Gasteiger partial charge < -0.3 is 24.3 Å². The molecule has 0 spiro atoms. The van der Waals surface area contributed by atoms with Crippen LogP contribution in [0.3, 0.4) is 0 Å². The number of alkyl halides is 2. The van der Waals surface area contributed by atoms with E-state index in [0.717, 1.165) is 35.1 Å². The largest absolute Gasteiger partial charge is 0.395 e. The molecule has 0 heterocycles. The summed E-state index contributed by atoms with van der Waals surface area (Å²) < 4.78 is 1.90. The van der Waals surface area contributed by atoms with Gasteiger partial charge in [0.25, 0.3) is 0 Å². The van der Waals surface area contributed by atoms with Crippen molar-refractivity contribution >= 4 is 23.2 Å². The minimum Gasteiger partial charge on any atom is -0.395 e. The lowest BCUT2D eigenvalue weighted by atomic mass is 10.3. The second-order valence-corrected chi connectivity index (χ2v) is 8.95. The van der Waals surface area contributed by atoms with Gasteiger partial charge >= 0.3 is 0 Å². The van der Waals surface area contributed by atoms with Crippen LogP contribution in [0.25, 0.3) is 0 Å². The van der Waals surface area contributed by atoms with Crippen molar-refractivity contribution in [1.29, 1.82) is 0 Å². The quantitative estimate of drug-likeness (QED) is 0.182. The Balaban J connectivity index is 0. The molecular formula is C22H45Cl2N3O3+2. The van der Waals surface area contributed by atoms with E-state index in [-0.39, 0.29) is 19.8 Å². The summed E-state index contributed by atoms with van der Waals surface area (Å²) in [4.78, 5) is 1.79. The van der Waals surface area contributed by atoms with Gasteiger partial charge in [-0.15, -0.1) is 23.2 Å². The second-order valence-electron chi connectivity index (χ2n) is 8.34. The summed E-state index contributed by atoms with van der Waals surface area (Å²) in [5.41, 5.74) is 0. The molecule has 0 fully saturated rings. The highest BCUT2D eigenvalue weighted by molar-refractivity contribution is 6.19. The van der Waals surface area contributed by atoms with Crippen LogP contribution in [0.1, 0.15) is 0 Å². The summed E-state index contributed by atoms with van der Waals surface area (Å²) in [6.45, 7) is 5.83. The molecule has 0 saturated heterocycles. The van der Waals surface area contributed by atoms with Gasteiger partial charge in [-0.3, -0.25) is 4.90 Å². The maximum Gasteiger partial charge on any atom is 0.0974 e. The van der Waals surface area contributed by atoms with Gasteiger partial charge in [0, 0.05) is 31.4 Å². The van der Waals surface area contributed by atoms with Crippen LogP contribution in [0.15, 0.2) is 36.5 Å². The van der Waals surface area contributed by atoms with E-state index in [1.165, 1.54) is 0 Å². The number of hydrogen-bond acceptors (Lipinski definition) is 4. The van der Waals surface area contributed by atoms with Gasteiger partial charge in [-0.05, 0) is 24.3 Å². The van der Waals surface area contributed by atoms with Crippen molar-refractivity contribution in [2.45, 2.75) is 0 Å². The third kappa shape index (κ3) is 22.2. The Hall–Kier alpha value is -0.440. The average Bonchev–Trinajstić information content (AvgIpc) is 2.67. The second kappa shape index (κ2) is 20.5. The minimum atomic E-state index is 0.0694. The Morgan fingerprint density at radius 2 is 0.833 bits per heavy atom. The Kier molecular flexibility index (Phi) is 21.7. The summed E-state index contributed by atoms with van der Waals surface area (Å²) in [6.07, 6.45) is 12.9. The van der Waals surface area contributed by atoms with Gasteiger partial charge in [-0.1, -0.05) is 12.2 Å². The van der Waals surface area contributed by atoms with Crippen LogP contribution in [-0.2, 0) is 0 Å². The standard InChI is InChI=1S/C16H30Cl2N2.C6H15NO3/c1-19(2,13-7-5-11-17)15-9-10-16-20(3,4)14-8-6-12-18;8-4-1-7(2-5-9)3-6-10/h5-10H,11-16H2,1-4H3;8-10H,1-6H2/q+2;/b7-5+,8-6+,10-9+;. The van der Waals surface area contributed by atoms with Crippen molar-refractivity contribution in [3.8, 4) is 0 Å². The van der Waals surface area contributed by atoms with Crippen LogP contribution in [0.4, 0.5) is 0 Å². The maximum absolute atomic E-state index is 8.48. The molecule has 8 heteroatoms. The summed E-state index contributed by atoms with van der Waals surface area (Å²) in [7, 11) is 8.91. The van der Waals surface area contributed by atoms with E-state index in [1.807, 2.05) is 12.2 Å². The smallest absolute Gasteiger partial charge is 0.0974 e. The summed E-state index contributed by atoms with van der Waals surface area (Å²) in [5.74, 6) is 1.19. The molecule has 0 rings (SSSR count). The third-order valence-corrected chi connectivity index (χ3v) is 4.68. The number of rotatable bonds is 16. The van der Waals surface area contributed by atoms with Crippen molar-refractivity contribution < 1.29 is 24.3 Å². The van der Waals surface area contributed by atoms with Crippen LogP contribution in [-0.4, -0.2) is 135 Å². The van der Waals surface area contributed by atoms with Crippen LogP contribution in [0.5, 0.6) is 0 Å². The van der Waals surface area contributed by atoms with E-state index < -0.39 is 0 Å². The van der Waals surface area contributed by atoms with Crippen molar-refractivity contribution in [2.24, 2.45) is 0 Å². The number of nitrogens with zero attached hydrogens (tertiary/aromatic N) is 3. The van der Waals surface area contributed by atoms with E-state index in [0.29, 0.717) is 31.4 Å². The number of aliphatic hydroxyl groups is 3. The van der Waals surface area contributed by atoms with Crippen LogP contribution >= 0.6 is 23.2 Å². The maximum atomic E-state index is 8.48. The van der Waals surface area contributed by atoms with Gasteiger partial charge in [-0.2, -0.15) is 0 Å². The molecule has 30 heavy (non-hydrogen) atoms. The predicted molar refractivity (Wildman–Crippen MR) is 130 cm³/mol. The molecule has 3 N–H and O–H groups in total. The van der Waals surface area contributed by atoms with E-state index >= 15 is 0 Å². The molecule has 0 radical (unpaired) electrons. The number of aliphatic hydroxyl groups excluding tert-OH is 3. The highest BCUT2D eigenvalue weighted by atomic mass is 35.5. The van der Waals surface area contributed by atoms with Crippen molar-refractivity contribution in [1.82, 2.24) is 4.90 Å². The molecule has 0 aliphatic heterocycles. The molecule has 0 atom stereocenters. The summed E-state index contributed by atoms with van der Waals surface area (Å²) in [6, 6.07) is 0. The number of quaternary nitrogens is 2. The van der Waals surface area contributed by atoms with E-state index in [1.54, 1.807) is 4.90 Å². The lowest BCUT2D eigenvalue weighted by Crippen LogP contribution is -2.41. The lowest BCUT2D eigenvalue weighted by Gasteiger charge is -2.28. The molecule has 6 nitrogen and oxygen atoms in total. The third-order valence-electron chi connectivity index (χ3n) is 4.33. The van der Waals surface area contributed by atoms with Gasteiger partial charge in [0.15, 0.2) is 0 Å². The van der Waals surface area contributed by atoms with Crippen molar-refractivity contribution in [3.05, 3.63) is 36.5 Å². The van der Waals surface area contributed by atoms with Crippen LogP contribution in [0, 0.1) is 0 Å². The van der Waals surface area contributed by atoms with Gasteiger partial charge in [0.2, 0.25) is 0 Å². The van der Waals surface area contributed by atoms with Crippen molar-refractivity contribution in [3.63, 3.8) is 0 Å². The topological polar surface area (TPSA) is 63.9 Å². The number of allylic oxidation sites excluding steroid dienone is 2. The minimum absolute atomic E-state index is 0.0694. The van der Waals surface area contributed by atoms with Gasteiger partial charge in [0.05, 0.1) is 74.2 Å². The zero-order valence-corrected chi connectivity index (χ0v) is 20.9. The molecule has 0 bridgehead atoms. The molecule has 0 aromatic heterocycles. The molecule has 0 unspecified atom stereocenters. The first-order chi connectivity index (χ1) is 14.2. The number of hydrogen-bond donors (Lipinski definition) is 3. The molecule has 0 aliphatic carbocycles. The first kappa shape index (κ1) is 31.7. The molecule has 0 aliphatic rings. The highest BCUT2D eigenvalue weighted by Crippen LogP contribution is 2.01. The SMILES string of the molecule is C[N+](C)(C/C=C/CCl)C/C=C/C[N+](C)(C)C/C=C/CCl.OCCN(CCO)CCO. The lowest BCUT2D eigenvalue weighted by molar-refractivity contribution is -0.881. The highest BCUT2D eigenvalue weighted by Gasteiger charge is 2.12. The van der Waals surface area contributed by atoms with Crippen LogP contribution < -0.4 is 0 Å². The molecule has 0 amide bonds. The number of likely N-dealkylation sites (N-methyl/N-ethyl adjacent to an activating group) is 2.